The summed E-state index contributed by atoms with van der Waals surface area (Å²) < 4.78 is 2.07. The molecule has 0 bridgehead atoms. The maximum atomic E-state index is 5.89. The molecule has 0 spiro atoms. The minimum Gasteiger partial charge on any atom is -0.328 e. The van der Waals surface area contributed by atoms with Crippen molar-refractivity contribution in [1.82, 2.24) is 15.0 Å². The first-order chi connectivity index (χ1) is 7.33. The third kappa shape index (κ3) is 1.91. The summed E-state index contributed by atoms with van der Waals surface area (Å²) in [5.41, 5.74) is 7.09. The summed E-state index contributed by atoms with van der Waals surface area (Å²) >= 11 is 0. The van der Waals surface area contributed by atoms with Gasteiger partial charge in [0, 0.05) is 18.2 Å². The van der Waals surface area contributed by atoms with E-state index >= 15 is 0 Å². The van der Waals surface area contributed by atoms with Crippen LogP contribution in [0.3, 0.4) is 0 Å². The van der Waals surface area contributed by atoms with Gasteiger partial charge >= 0.3 is 0 Å². The Morgan fingerprint density at radius 3 is 2.53 bits per heavy atom. The lowest BCUT2D eigenvalue weighted by Crippen LogP contribution is -2.28. The smallest absolute Gasteiger partial charge is 0.0858 e. The molecule has 0 saturated heterocycles. The molecule has 2 aliphatic rings. The van der Waals surface area contributed by atoms with Gasteiger partial charge in [-0.1, -0.05) is 5.21 Å². The van der Waals surface area contributed by atoms with Gasteiger partial charge in [-0.2, -0.15) is 0 Å². The maximum Gasteiger partial charge on any atom is 0.0858 e. The fraction of sp³-hybridized carbons (Fsp3) is 0.818. The van der Waals surface area contributed by atoms with Gasteiger partial charge in [-0.15, -0.1) is 5.10 Å². The molecular formula is C11H18N4. The van der Waals surface area contributed by atoms with Crippen LogP contribution in [0.15, 0.2) is 6.20 Å². The van der Waals surface area contributed by atoms with Gasteiger partial charge in [0.05, 0.1) is 11.7 Å². The fourth-order valence-corrected chi connectivity index (χ4v) is 2.40. The van der Waals surface area contributed by atoms with Crippen LogP contribution in [0.25, 0.3) is 0 Å². The Morgan fingerprint density at radius 1 is 1.13 bits per heavy atom. The van der Waals surface area contributed by atoms with Gasteiger partial charge in [-0.05, 0) is 38.5 Å². The lowest BCUT2D eigenvalue weighted by molar-refractivity contribution is 0.300. The number of nitrogens with zero attached hydrogens (tertiary/aromatic N) is 3. The Hall–Kier alpha value is -0.900. The highest BCUT2D eigenvalue weighted by molar-refractivity contribution is 5.09. The maximum absolute atomic E-state index is 5.89. The summed E-state index contributed by atoms with van der Waals surface area (Å²) in [6.07, 6.45) is 9.33. The molecule has 2 N–H and O–H groups in total. The highest BCUT2D eigenvalue weighted by atomic mass is 15.4. The van der Waals surface area contributed by atoms with Crippen molar-refractivity contribution < 1.29 is 0 Å². The monoisotopic (exact) mass is 206 g/mol. The molecule has 2 saturated carbocycles. The molecule has 0 atom stereocenters. The quantitative estimate of drug-likeness (QED) is 0.799. The lowest BCUT2D eigenvalue weighted by atomic mass is 9.92. The average molecular weight is 206 g/mol. The zero-order valence-corrected chi connectivity index (χ0v) is 8.97. The highest BCUT2D eigenvalue weighted by Gasteiger charge is 2.28. The second-order valence-electron chi connectivity index (χ2n) is 4.97. The van der Waals surface area contributed by atoms with E-state index in [0.717, 1.165) is 25.7 Å². The Bertz CT molecular complexity index is 334. The first kappa shape index (κ1) is 9.33. The van der Waals surface area contributed by atoms with Crippen molar-refractivity contribution in [2.75, 3.05) is 0 Å². The van der Waals surface area contributed by atoms with Gasteiger partial charge in [0.15, 0.2) is 0 Å². The minimum absolute atomic E-state index is 0.410. The van der Waals surface area contributed by atoms with Crippen LogP contribution < -0.4 is 5.73 Å². The molecule has 0 radical (unpaired) electrons. The van der Waals surface area contributed by atoms with Gasteiger partial charge in [0.25, 0.3) is 0 Å². The molecule has 0 unspecified atom stereocenters. The molecule has 0 aliphatic heterocycles. The summed E-state index contributed by atoms with van der Waals surface area (Å²) in [4.78, 5) is 0. The predicted octanol–water partition coefficient (Wildman–Crippen LogP) is 1.60. The van der Waals surface area contributed by atoms with E-state index in [2.05, 4.69) is 21.2 Å². The largest absolute Gasteiger partial charge is 0.328 e. The lowest BCUT2D eigenvalue weighted by Gasteiger charge is -2.25. The van der Waals surface area contributed by atoms with Crippen molar-refractivity contribution in [2.24, 2.45) is 5.73 Å². The van der Waals surface area contributed by atoms with E-state index in [1.54, 1.807) is 0 Å². The van der Waals surface area contributed by atoms with E-state index in [9.17, 15) is 0 Å². The Balaban J connectivity index is 1.69. The number of rotatable bonds is 2. The SMILES string of the molecule is N[C@H]1CC[C@H](n2cc(C3CC3)nn2)CC1. The molecule has 2 aliphatic carbocycles. The standard InChI is InChI=1S/C11H18N4/c12-9-3-5-10(6-4-9)15-7-11(13-14-15)8-1-2-8/h7-10H,1-6,12H2/t9-,10-. The second kappa shape index (κ2) is 3.59. The van der Waals surface area contributed by atoms with Gasteiger partial charge in [-0.3, -0.25) is 0 Å². The molecule has 1 aromatic rings. The Kier molecular flexibility index (Phi) is 2.24. The molecule has 15 heavy (non-hydrogen) atoms. The van der Waals surface area contributed by atoms with Gasteiger partial charge < -0.3 is 5.73 Å². The third-order valence-corrected chi connectivity index (χ3v) is 3.64. The molecule has 4 nitrogen and oxygen atoms in total. The second-order valence-corrected chi connectivity index (χ2v) is 4.97. The van der Waals surface area contributed by atoms with Crippen LogP contribution in [0.5, 0.6) is 0 Å². The van der Waals surface area contributed by atoms with Gasteiger partial charge in [0.1, 0.15) is 0 Å². The molecule has 1 aromatic heterocycles. The minimum atomic E-state index is 0.410. The number of nitrogens with two attached hydrogens (primary N) is 1. The van der Waals surface area contributed by atoms with E-state index in [-0.39, 0.29) is 0 Å². The summed E-state index contributed by atoms with van der Waals surface area (Å²) in [7, 11) is 0. The molecular weight excluding hydrogens is 188 g/mol. The van der Waals surface area contributed by atoms with E-state index in [0.29, 0.717) is 18.0 Å². The van der Waals surface area contributed by atoms with Crippen LogP contribution in [0.1, 0.15) is 56.2 Å². The Labute approximate surface area is 89.8 Å². The van der Waals surface area contributed by atoms with Crippen LogP contribution in [0, 0.1) is 0 Å². The number of aromatic nitrogens is 3. The molecule has 82 valence electrons. The van der Waals surface area contributed by atoms with E-state index in [1.165, 1.54) is 18.5 Å². The number of hydrogen-bond acceptors (Lipinski definition) is 3. The highest BCUT2D eigenvalue weighted by Crippen LogP contribution is 2.39. The first-order valence-electron chi connectivity index (χ1n) is 6.00. The van der Waals surface area contributed by atoms with Crippen LogP contribution in [0.4, 0.5) is 0 Å². The van der Waals surface area contributed by atoms with Crippen molar-refractivity contribution in [3.63, 3.8) is 0 Å². The predicted molar refractivity (Wildman–Crippen MR) is 57.5 cm³/mol. The zero-order valence-electron chi connectivity index (χ0n) is 8.97. The summed E-state index contributed by atoms with van der Waals surface area (Å²) in [6, 6.07) is 0.956. The van der Waals surface area contributed by atoms with Crippen molar-refractivity contribution in [3.8, 4) is 0 Å². The van der Waals surface area contributed by atoms with Crippen molar-refractivity contribution >= 4 is 0 Å². The van der Waals surface area contributed by atoms with E-state index in [1.807, 2.05) is 0 Å². The molecule has 3 rings (SSSR count). The topological polar surface area (TPSA) is 56.7 Å². The normalized spacial score (nSPS) is 31.8. The fourth-order valence-electron chi connectivity index (χ4n) is 2.40. The summed E-state index contributed by atoms with van der Waals surface area (Å²) in [6.45, 7) is 0. The van der Waals surface area contributed by atoms with Gasteiger partial charge in [-0.25, -0.2) is 4.68 Å². The van der Waals surface area contributed by atoms with Crippen LogP contribution >= 0.6 is 0 Å². The molecule has 0 amide bonds. The summed E-state index contributed by atoms with van der Waals surface area (Å²) in [5.74, 6) is 0.713. The van der Waals surface area contributed by atoms with E-state index in [4.69, 9.17) is 5.73 Å². The third-order valence-electron chi connectivity index (χ3n) is 3.64. The van der Waals surface area contributed by atoms with Crippen molar-refractivity contribution in [1.29, 1.82) is 0 Å². The molecule has 2 fully saturated rings. The van der Waals surface area contributed by atoms with Crippen LogP contribution in [-0.2, 0) is 0 Å². The molecule has 4 heteroatoms. The van der Waals surface area contributed by atoms with Crippen molar-refractivity contribution in [3.05, 3.63) is 11.9 Å². The van der Waals surface area contributed by atoms with Crippen LogP contribution in [-0.4, -0.2) is 21.0 Å². The average Bonchev–Trinajstić information content (AvgIpc) is 2.99. The summed E-state index contributed by atoms with van der Waals surface area (Å²) in [5, 5.41) is 8.51. The van der Waals surface area contributed by atoms with Crippen molar-refractivity contribution in [2.45, 2.75) is 56.5 Å². The van der Waals surface area contributed by atoms with Crippen LogP contribution in [0.2, 0.25) is 0 Å². The number of hydrogen-bond donors (Lipinski definition) is 1. The molecule has 1 heterocycles. The first-order valence-corrected chi connectivity index (χ1v) is 6.00. The van der Waals surface area contributed by atoms with E-state index < -0.39 is 0 Å². The van der Waals surface area contributed by atoms with Gasteiger partial charge in [0.2, 0.25) is 0 Å². The Morgan fingerprint density at radius 2 is 1.87 bits per heavy atom. The molecule has 0 aromatic carbocycles. The zero-order chi connectivity index (χ0) is 10.3.